The Labute approximate surface area is 350 Å². The van der Waals surface area contributed by atoms with E-state index >= 15 is 0 Å². The predicted molar refractivity (Wildman–Crippen MR) is 234 cm³/mol. The average Bonchev–Trinajstić information content (AvgIpc) is 3.56. The summed E-state index contributed by atoms with van der Waals surface area (Å²) in [5.41, 5.74) is 3.09. The third-order valence-corrected chi connectivity index (χ3v) is 20.8. The zero-order valence-corrected chi connectivity index (χ0v) is 37.3. The fourth-order valence-electron chi connectivity index (χ4n) is 15.5. The van der Waals surface area contributed by atoms with Crippen LogP contribution in [0.1, 0.15) is 138 Å². The minimum Gasteiger partial charge on any atom is -0.481 e. The predicted octanol–water partition coefficient (Wildman–Crippen LogP) is 10.8. The molecule has 58 heavy (non-hydrogen) atoms. The fourth-order valence-corrected chi connectivity index (χ4v) is 17.1. The minimum absolute atomic E-state index is 0.00665. The molecule has 5 N–H and O–H groups in total. The normalized spacial score (nSPS) is 42.9. The fraction of sp³-hybridized carbons (Fsp3) is 0.755. The first-order valence-corrected chi connectivity index (χ1v) is 24.7. The van der Waals surface area contributed by atoms with Crippen molar-refractivity contribution >= 4 is 16.6 Å². The SMILES string of the molecule is C=C(C)[C@@H]1CC[C@]2(NCCC3(O)CCS(O)(O)CC3)CC[C@]3(C)[C@H](CC[C@@H]4[C@@]5(C)CC=C(C6=CCC(COc7ccccn7)(C(=O)O)CC6)C(C)(C)[C@@H]5CC[C@]43C)[C@@H]12. The monoisotopic (exact) mass is 819 g/mol. The molecule has 9 heteroatoms. The molecule has 10 atom stereocenters. The van der Waals surface area contributed by atoms with Crippen molar-refractivity contribution in [3.8, 4) is 5.88 Å². The number of allylic oxidation sites excluding steroid dienone is 5. The van der Waals surface area contributed by atoms with Gasteiger partial charge in [-0.15, -0.1) is 0 Å². The van der Waals surface area contributed by atoms with Crippen LogP contribution in [0.25, 0.3) is 0 Å². The molecular formula is C49H74N2O6S. The Balaban J connectivity index is 1.01. The van der Waals surface area contributed by atoms with Gasteiger partial charge in [0.1, 0.15) is 12.0 Å². The molecule has 1 aromatic rings. The molecule has 1 saturated heterocycles. The van der Waals surface area contributed by atoms with E-state index in [9.17, 15) is 24.1 Å². The Kier molecular flexibility index (Phi) is 10.8. The molecule has 0 radical (unpaired) electrons. The molecule has 1 aromatic heterocycles. The second-order valence-electron chi connectivity index (χ2n) is 22.0. The molecular weight excluding hydrogens is 745 g/mol. The second-order valence-corrected chi connectivity index (χ2v) is 24.4. The van der Waals surface area contributed by atoms with E-state index in [0.29, 0.717) is 79.1 Å². The van der Waals surface area contributed by atoms with Crippen molar-refractivity contribution in [3.63, 3.8) is 0 Å². The van der Waals surface area contributed by atoms with Crippen molar-refractivity contribution in [2.45, 2.75) is 149 Å². The minimum atomic E-state index is -2.53. The van der Waals surface area contributed by atoms with E-state index in [1.54, 1.807) is 12.3 Å². The standard InChI is InChI=1S/C49H74N2O6S/c1-33(2)35-15-22-49(51-29-25-48(54)26-30-58(55,56)31-27-48)24-23-45(6)37(41(35)49)11-12-39-44(5)18-16-36(43(3,4)38(44)17-19-46(39,45)7)34-13-20-47(21-14-34,42(52)53)32-57-40-10-8-9-28-50-40/h8-10,13,16,28,35,37-39,41,51,54-56H,1,11-12,14-15,17-27,29-32H2,2-7H3,(H,52,53)/t35-,37+,38-,39+,41+,44-,45+,46+,47?,49-/m0/s1. The van der Waals surface area contributed by atoms with E-state index in [2.05, 4.69) is 70.6 Å². The lowest BCUT2D eigenvalue weighted by Crippen LogP contribution is -2.68. The highest BCUT2D eigenvalue weighted by atomic mass is 32.3. The van der Waals surface area contributed by atoms with Crippen molar-refractivity contribution < 1.29 is 28.8 Å². The third-order valence-electron chi connectivity index (χ3n) is 19.0. The summed E-state index contributed by atoms with van der Waals surface area (Å²) in [6, 6.07) is 5.49. The lowest BCUT2D eigenvalue weighted by Gasteiger charge is -2.72. The highest BCUT2D eigenvalue weighted by molar-refractivity contribution is 8.24. The van der Waals surface area contributed by atoms with Gasteiger partial charge in [0, 0.05) is 29.3 Å². The Morgan fingerprint density at radius 3 is 2.33 bits per heavy atom. The molecule has 1 aliphatic heterocycles. The van der Waals surface area contributed by atoms with Gasteiger partial charge in [-0.25, -0.2) is 4.98 Å². The number of nitrogens with zero attached hydrogens (tertiary/aromatic N) is 1. The number of rotatable bonds is 10. The first kappa shape index (κ1) is 42.5. The van der Waals surface area contributed by atoms with Gasteiger partial charge < -0.3 is 20.3 Å². The van der Waals surface area contributed by atoms with Crippen LogP contribution < -0.4 is 10.1 Å². The van der Waals surface area contributed by atoms with Crippen LogP contribution in [0.3, 0.4) is 0 Å². The van der Waals surface area contributed by atoms with Gasteiger partial charge in [0.15, 0.2) is 0 Å². The van der Waals surface area contributed by atoms with Crippen molar-refractivity contribution in [2.75, 3.05) is 24.7 Å². The van der Waals surface area contributed by atoms with Gasteiger partial charge in [-0.05, 0) is 178 Å². The highest BCUT2D eigenvalue weighted by Crippen LogP contribution is 2.76. The van der Waals surface area contributed by atoms with Crippen LogP contribution in [0.15, 0.2) is 59.8 Å². The topological polar surface area (TPSA) is 132 Å². The number of carboxylic acid groups (broad SMARTS) is 1. The summed E-state index contributed by atoms with van der Waals surface area (Å²) < 4.78 is 26.4. The Bertz CT molecular complexity index is 1820. The lowest BCUT2D eigenvalue weighted by molar-refractivity contribution is -0.221. The Morgan fingerprint density at radius 2 is 1.67 bits per heavy atom. The number of fused-ring (bicyclic) bond motifs is 7. The van der Waals surface area contributed by atoms with Crippen molar-refractivity contribution in [1.82, 2.24) is 10.3 Å². The number of pyridine rings is 1. The number of carbonyl (C=O) groups is 1. The van der Waals surface area contributed by atoms with Gasteiger partial charge >= 0.3 is 5.97 Å². The second kappa shape index (κ2) is 14.7. The maximum atomic E-state index is 12.7. The summed E-state index contributed by atoms with van der Waals surface area (Å²) >= 11 is 0. The van der Waals surface area contributed by atoms with Crippen LogP contribution in [0, 0.1) is 56.7 Å². The zero-order chi connectivity index (χ0) is 41.6. The van der Waals surface area contributed by atoms with Crippen molar-refractivity contribution in [2.24, 2.45) is 56.7 Å². The van der Waals surface area contributed by atoms with Gasteiger partial charge in [0.2, 0.25) is 5.88 Å². The smallest absolute Gasteiger partial charge is 0.313 e. The molecule has 2 heterocycles. The third kappa shape index (κ3) is 6.78. The first-order chi connectivity index (χ1) is 27.2. The quantitative estimate of drug-likeness (QED) is 0.147. The van der Waals surface area contributed by atoms with Crippen LogP contribution in [-0.2, 0) is 4.79 Å². The number of aliphatic carboxylic acids is 1. The molecule has 322 valence electrons. The van der Waals surface area contributed by atoms with E-state index in [4.69, 9.17) is 4.74 Å². The number of aromatic nitrogens is 1. The maximum Gasteiger partial charge on any atom is 0.313 e. The molecule has 0 spiro atoms. The summed E-state index contributed by atoms with van der Waals surface area (Å²) in [6.07, 6.45) is 20.8. The molecule has 0 bridgehead atoms. The van der Waals surface area contributed by atoms with E-state index in [1.807, 2.05) is 12.1 Å². The number of hydrogen-bond donors (Lipinski definition) is 5. The maximum absolute atomic E-state index is 12.7. The number of aliphatic hydroxyl groups is 1. The first-order valence-electron chi connectivity index (χ1n) is 22.8. The van der Waals surface area contributed by atoms with Gasteiger partial charge in [-0.1, -0.05) is 65.0 Å². The molecule has 8 rings (SSSR count). The van der Waals surface area contributed by atoms with E-state index < -0.39 is 27.6 Å². The van der Waals surface area contributed by atoms with Gasteiger partial charge in [0.05, 0.1) is 5.60 Å². The highest BCUT2D eigenvalue weighted by Gasteiger charge is 2.70. The van der Waals surface area contributed by atoms with Crippen molar-refractivity contribution in [3.05, 3.63) is 59.8 Å². The van der Waals surface area contributed by atoms with Crippen LogP contribution in [0.4, 0.5) is 0 Å². The molecule has 7 aliphatic rings. The average molecular weight is 819 g/mol. The summed E-state index contributed by atoms with van der Waals surface area (Å²) in [5, 5.41) is 26.0. The van der Waals surface area contributed by atoms with Gasteiger partial charge in [-0.2, -0.15) is 10.6 Å². The molecule has 8 nitrogen and oxygen atoms in total. The lowest BCUT2D eigenvalue weighted by atomic mass is 9.33. The van der Waals surface area contributed by atoms with Crippen LogP contribution in [0.5, 0.6) is 5.88 Å². The molecule has 0 aromatic carbocycles. The summed E-state index contributed by atoms with van der Waals surface area (Å²) in [4.78, 5) is 17.0. The van der Waals surface area contributed by atoms with Crippen LogP contribution in [0.2, 0.25) is 0 Å². The summed E-state index contributed by atoms with van der Waals surface area (Å²) in [5.74, 6) is 3.19. The van der Waals surface area contributed by atoms with Gasteiger partial charge in [-0.3, -0.25) is 13.9 Å². The largest absolute Gasteiger partial charge is 0.481 e. The number of nitrogens with one attached hydrogen (secondary N) is 1. The molecule has 5 fully saturated rings. The zero-order valence-electron chi connectivity index (χ0n) is 36.5. The molecule has 0 amide bonds. The Morgan fingerprint density at radius 1 is 0.914 bits per heavy atom. The Hall–Kier alpha value is -2.17. The van der Waals surface area contributed by atoms with Crippen LogP contribution in [-0.4, -0.2) is 66.1 Å². The molecule has 4 saturated carbocycles. The summed E-state index contributed by atoms with van der Waals surface area (Å²) in [7, 11) is -2.53. The number of hydrogen-bond acceptors (Lipinski definition) is 7. The van der Waals surface area contributed by atoms with Gasteiger partial charge in [0.25, 0.3) is 0 Å². The van der Waals surface area contributed by atoms with E-state index in [-0.39, 0.29) is 33.8 Å². The summed E-state index contributed by atoms with van der Waals surface area (Å²) in [6.45, 7) is 20.8. The number of carboxylic acids is 1. The van der Waals surface area contributed by atoms with Crippen LogP contribution >= 0.6 is 10.6 Å². The van der Waals surface area contributed by atoms with E-state index in [1.165, 1.54) is 68.1 Å². The molecule has 1 unspecified atom stereocenters. The van der Waals surface area contributed by atoms with E-state index in [0.717, 1.165) is 19.4 Å². The number of ether oxygens (including phenoxy) is 1. The molecule has 6 aliphatic carbocycles. The van der Waals surface area contributed by atoms with Crippen molar-refractivity contribution in [1.29, 1.82) is 0 Å².